The highest BCUT2D eigenvalue weighted by Gasteiger charge is 2.21. The van der Waals surface area contributed by atoms with Crippen molar-refractivity contribution in [3.63, 3.8) is 0 Å². The van der Waals surface area contributed by atoms with Crippen LogP contribution in [0.4, 0.5) is 0 Å². The van der Waals surface area contributed by atoms with E-state index in [1.807, 2.05) is 30.3 Å². The second-order valence-corrected chi connectivity index (χ2v) is 5.90. The summed E-state index contributed by atoms with van der Waals surface area (Å²) < 4.78 is 21.4. The van der Waals surface area contributed by atoms with Gasteiger partial charge in [-0.05, 0) is 29.8 Å². The van der Waals surface area contributed by atoms with Gasteiger partial charge >= 0.3 is 11.9 Å². The largest absolute Gasteiger partial charge is 0.493 e. The summed E-state index contributed by atoms with van der Waals surface area (Å²) in [7, 11) is 2.80. The molecule has 0 atom stereocenters. The van der Waals surface area contributed by atoms with Crippen LogP contribution in [0, 0.1) is 0 Å². The van der Waals surface area contributed by atoms with Crippen LogP contribution in [0.2, 0.25) is 0 Å². The van der Waals surface area contributed by atoms with Crippen molar-refractivity contribution in [1.82, 2.24) is 4.98 Å². The second kappa shape index (κ2) is 9.36. The number of hydrogen-bond acceptors (Lipinski definition) is 7. The minimum absolute atomic E-state index is 0.0588. The summed E-state index contributed by atoms with van der Waals surface area (Å²) in [4.78, 5) is 28.7. The number of methoxy groups -OCH3 is 2. The van der Waals surface area contributed by atoms with Crippen LogP contribution in [0.3, 0.4) is 0 Å². The Balaban J connectivity index is 1.82. The Hall–Kier alpha value is -3.87. The van der Waals surface area contributed by atoms with Crippen molar-refractivity contribution in [3.8, 4) is 17.2 Å². The van der Waals surface area contributed by atoms with Crippen LogP contribution >= 0.6 is 0 Å². The monoisotopic (exact) mass is 393 g/mol. The van der Waals surface area contributed by atoms with Gasteiger partial charge in [-0.25, -0.2) is 9.59 Å². The number of nitrogens with zero attached hydrogens (tertiary/aromatic N) is 1. The predicted molar refractivity (Wildman–Crippen MR) is 104 cm³/mol. The molecular formula is C22H19NO6. The number of rotatable bonds is 7. The Morgan fingerprint density at radius 1 is 0.862 bits per heavy atom. The molecule has 1 heterocycles. The lowest BCUT2D eigenvalue weighted by Crippen LogP contribution is -2.12. The van der Waals surface area contributed by atoms with Crippen LogP contribution in [-0.2, 0) is 11.3 Å². The fraction of sp³-hybridized carbons (Fsp3) is 0.136. The Kier molecular flexibility index (Phi) is 6.42. The predicted octanol–water partition coefficient (Wildman–Crippen LogP) is 3.68. The zero-order valence-corrected chi connectivity index (χ0v) is 16.0. The van der Waals surface area contributed by atoms with Crippen LogP contribution in [0.15, 0.2) is 67.0 Å². The number of hydrogen-bond donors (Lipinski definition) is 0. The van der Waals surface area contributed by atoms with Crippen molar-refractivity contribution in [2.75, 3.05) is 14.2 Å². The normalized spacial score (nSPS) is 10.1. The van der Waals surface area contributed by atoms with Crippen LogP contribution in [-0.4, -0.2) is 31.1 Å². The van der Waals surface area contributed by atoms with E-state index >= 15 is 0 Å². The molecule has 7 nitrogen and oxygen atoms in total. The molecule has 0 bridgehead atoms. The van der Waals surface area contributed by atoms with E-state index in [0.717, 1.165) is 5.56 Å². The van der Waals surface area contributed by atoms with Crippen molar-refractivity contribution in [2.24, 2.45) is 0 Å². The number of aromatic nitrogens is 1. The molecule has 3 aromatic rings. The van der Waals surface area contributed by atoms with Crippen molar-refractivity contribution < 1.29 is 28.5 Å². The van der Waals surface area contributed by atoms with Crippen molar-refractivity contribution in [2.45, 2.75) is 6.61 Å². The van der Waals surface area contributed by atoms with Gasteiger partial charge in [-0.2, -0.15) is 0 Å². The fourth-order valence-corrected chi connectivity index (χ4v) is 2.54. The Morgan fingerprint density at radius 3 is 2.14 bits per heavy atom. The lowest BCUT2D eigenvalue weighted by Gasteiger charge is -2.15. The van der Waals surface area contributed by atoms with Crippen LogP contribution < -0.4 is 14.2 Å². The molecule has 0 fully saturated rings. The maximum atomic E-state index is 12.5. The average Bonchev–Trinajstić information content (AvgIpc) is 2.78. The zero-order valence-electron chi connectivity index (χ0n) is 16.0. The summed E-state index contributed by atoms with van der Waals surface area (Å²) >= 11 is 0. The molecule has 148 valence electrons. The van der Waals surface area contributed by atoms with E-state index in [1.54, 1.807) is 18.3 Å². The van der Waals surface area contributed by atoms with E-state index in [0.29, 0.717) is 0 Å². The van der Waals surface area contributed by atoms with Crippen molar-refractivity contribution in [1.29, 1.82) is 0 Å². The third kappa shape index (κ3) is 4.90. The number of esters is 2. The van der Waals surface area contributed by atoms with Gasteiger partial charge in [0.05, 0.1) is 25.3 Å². The highest BCUT2D eigenvalue weighted by atomic mass is 16.6. The van der Waals surface area contributed by atoms with Gasteiger partial charge in [-0.15, -0.1) is 0 Å². The summed E-state index contributed by atoms with van der Waals surface area (Å²) in [6.45, 7) is 0.127. The number of carbonyl (C=O) groups is 2. The maximum absolute atomic E-state index is 12.5. The minimum Gasteiger partial charge on any atom is -0.493 e. The molecule has 0 aliphatic carbocycles. The van der Waals surface area contributed by atoms with E-state index < -0.39 is 11.9 Å². The highest BCUT2D eigenvalue weighted by molar-refractivity contribution is 5.93. The molecule has 0 aliphatic rings. The van der Waals surface area contributed by atoms with Crippen LogP contribution in [0.1, 0.15) is 26.3 Å². The standard InChI is InChI=1S/C22H19NO6/c1-26-18-11-17(21(24)28-14-15-7-4-3-5-8-15)12-19(27-2)20(18)29-22(25)16-9-6-10-23-13-16/h3-13H,14H2,1-2H3. The zero-order chi connectivity index (χ0) is 20.6. The molecule has 0 aliphatic heterocycles. The Labute approximate surface area is 167 Å². The molecule has 3 rings (SSSR count). The van der Waals surface area contributed by atoms with Crippen molar-refractivity contribution in [3.05, 3.63) is 83.7 Å². The Morgan fingerprint density at radius 2 is 1.55 bits per heavy atom. The van der Waals surface area contributed by atoms with Crippen molar-refractivity contribution >= 4 is 11.9 Å². The summed E-state index contributed by atoms with van der Waals surface area (Å²) in [5.74, 6) is -0.811. The number of carbonyl (C=O) groups excluding carboxylic acids is 2. The smallest absolute Gasteiger partial charge is 0.345 e. The number of ether oxygens (including phenoxy) is 4. The lowest BCUT2D eigenvalue weighted by molar-refractivity contribution is 0.0472. The summed E-state index contributed by atoms with van der Waals surface area (Å²) in [6.07, 6.45) is 2.93. The molecule has 0 N–H and O–H groups in total. The van der Waals surface area contributed by atoms with Gasteiger partial charge in [0.2, 0.25) is 5.75 Å². The van der Waals surface area contributed by atoms with Crippen LogP contribution in [0.5, 0.6) is 17.2 Å². The fourth-order valence-electron chi connectivity index (χ4n) is 2.54. The van der Waals surface area contributed by atoms with Gasteiger partial charge in [-0.1, -0.05) is 30.3 Å². The molecule has 7 heteroatoms. The van der Waals surface area contributed by atoms with Gasteiger partial charge in [-0.3, -0.25) is 4.98 Å². The van der Waals surface area contributed by atoms with E-state index in [1.165, 1.54) is 32.5 Å². The molecule has 0 radical (unpaired) electrons. The summed E-state index contributed by atoms with van der Waals surface area (Å²) in [6, 6.07) is 15.4. The highest BCUT2D eigenvalue weighted by Crippen LogP contribution is 2.39. The van der Waals surface area contributed by atoms with E-state index in [9.17, 15) is 9.59 Å². The molecule has 29 heavy (non-hydrogen) atoms. The van der Waals surface area contributed by atoms with E-state index in [4.69, 9.17) is 18.9 Å². The average molecular weight is 393 g/mol. The van der Waals surface area contributed by atoms with Gasteiger partial charge in [0.25, 0.3) is 0 Å². The van der Waals surface area contributed by atoms with Gasteiger partial charge in [0.1, 0.15) is 6.61 Å². The van der Waals surface area contributed by atoms with Gasteiger partial charge in [0.15, 0.2) is 11.5 Å². The maximum Gasteiger partial charge on any atom is 0.345 e. The third-order valence-corrected chi connectivity index (χ3v) is 4.00. The first-order valence-electron chi connectivity index (χ1n) is 8.71. The number of pyridine rings is 1. The molecular weight excluding hydrogens is 374 g/mol. The molecule has 0 amide bonds. The first-order chi connectivity index (χ1) is 14.1. The van der Waals surface area contributed by atoms with Gasteiger partial charge in [0, 0.05) is 12.4 Å². The first-order valence-corrected chi connectivity index (χ1v) is 8.71. The first kappa shape index (κ1) is 19.9. The second-order valence-electron chi connectivity index (χ2n) is 5.90. The quantitative estimate of drug-likeness (QED) is 0.447. The minimum atomic E-state index is -0.630. The molecule has 0 unspecified atom stereocenters. The molecule has 0 saturated heterocycles. The molecule has 0 saturated carbocycles. The SMILES string of the molecule is COc1cc(C(=O)OCc2ccccc2)cc(OC)c1OC(=O)c1cccnc1. The molecule has 0 spiro atoms. The summed E-state index contributed by atoms with van der Waals surface area (Å²) in [5.41, 5.74) is 1.33. The van der Waals surface area contributed by atoms with E-state index in [2.05, 4.69) is 4.98 Å². The Bertz CT molecular complexity index is 964. The topological polar surface area (TPSA) is 84.0 Å². The summed E-state index contributed by atoms with van der Waals surface area (Å²) in [5, 5.41) is 0. The van der Waals surface area contributed by atoms with Crippen LogP contribution in [0.25, 0.3) is 0 Å². The molecule has 2 aromatic carbocycles. The number of benzene rings is 2. The third-order valence-electron chi connectivity index (χ3n) is 4.00. The van der Waals surface area contributed by atoms with E-state index in [-0.39, 0.29) is 35.0 Å². The van der Waals surface area contributed by atoms with Gasteiger partial charge < -0.3 is 18.9 Å². The lowest BCUT2D eigenvalue weighted by atomic mass is 10.1. The molecule has 1 aromatic heterocycles.